The van der Waals surface area contributed by atoms with E-state index in [4.69, 9.17) is 4.74 Å². The Balaban J connectivity index is 1.76. The van der Waals surface area contributed by atoms with Crippen LogP contribution in [-0.2, 0) is 4.74 Å². The Hall–Kier alpha value is -0.810. The molecule has 2 aliphatic rings. The van der Waals surface area contributed by atoms with Gasteiger partial charge in [0.25, 0.3) is 0 Å². The smallest absolute Gasteiger partial charge is 0.317 e. The van der Waals surface area contributed by atoms with Crippen molar-refractivity contribution in [2.75, 3.05) is 40.0 Å². The Kier molecular flexibility index (Phi) is 6.09. The molecule has 0 atom stereocenters. The Morgan fingerprint density at radius 2 is 1.91 bits per heavy atom. The highest BCUT2D eigenvalue weighted by Gasteiger charge is 2.38. The highest BCUT2D eigenvalue weighted by atomic mass is 16.5. The zero-order chi connectivity index (χ0) is 16.1. The molecule has 1 saturated heterocycles. The lowest BCUT2D eigenvalue weighted by atomic mass is 9.67. The van der Waals surface area contributed by atoms with Crippen LogP contribution in [0.2, 0.25) is 0 Å². The molecule has 2 rings (SSSR count). The third kappa shape index (κ3) is 3.93. The molecule has 1 aliphatic heterocycles. The first kappa shape index (κ1) is 17.5. The van der Waals surface area contributed by atoms with Gasteiger partial charge in [-0.25, -0.2) is 4.79 Å². The molecule has 0 aromatic carbocycles. The lowest BCUT2D eigenvalue weighted by Crippen LogP contribution is -2.51. The van der Waals surface area contributed by atoms with Crippen LogP contribution in [-0.4, -0.2) is 56.0 Å². The largest absolute Gasteiger partial charge is 0.396 e. The van der Waals surface area contributed by atoms with Crippen molar-refractivity contribution in [1.29, 1.82) is 0 Å². The van der Waals surface area contributed by atoms with E-state index in [1.165, 1.54) is 19.3 Å². The molecule has 1 heterocycles. The predicted molar refractivity (Wildman–Crippen MR) is 86.8 cm³/mol. The first-order valence-corrected chi connectivity index (χ1v) is 8.71. The van der Waals surface area contributed by atoms with E-state index in [1.807, 2.05) is 4.90 Å². The van der Waals surface area contributed by atoms with E-state index in [0.29, 0.717) is 0 Å². The SMILES string of the molecule is CCC1(CO)CCN(C(=O)NCC2(CCOC)CCC2)CC1. The average Bonchev–Trinajstić information content (AvgIpc) is 2.53. The van der Waals surface area contributed by atoms with E-state index in [0.717, 1.165) is 51.9 Å². The van der Waals surface area contributed by atoms with Crippen LogP contribution < -0.4 is 5.32 Å². The van der Waals surface area contributed by atoms with Crippen molar-refractivity contribution in [2.45, 2.75) is 51.9 Å². The fraction of sp³-hybridized carbons (Fsp3) is 0.941. The van der Waals surface area contributed by atoms with Gasteiger partial charge in [0.15, 0.2) is 0 Å². The van der Waals surface area contributed by atoms with Crippen LogP contribution in [0.25, 0.3) is 0 Å². The van der Waals surface area contributed by atoms with Crippen molar-refractivity contribution in [3.63, 3.8) is 0 Å². The number of ether oxygens (including phenoxy) is 1. The first-order valence-electron chi connectivity index (χ1n) is 8.71. The molecule has 0 aromatic heterocycles. The second-order valence-corrected chi connectivity index (χ2v) is 7.25. The van der Waals surface area contributed by atoms with Gasteiger partial charge in [-0.2, -0.15) is 0 Å². The summed E-state index contributed by atoms with van der Waals surface area (Å²) in [7, 11) is 1.74. The van der Waals surface area contributed by atoms with Crippen LogP contribution >= 0.6 is 0 Å². The van der Waals surface area contributed by atoms with Gasteiger partial charge in [-0.3, -0.25) is 0 Å². The molecule has 5 nitrogen and oxygen atoms in total. The molecule has 0 radical (unpaired) electrons. The van der Waals surface area contributed by atoms with E-state index < -0.39 is 0 Å². The van der Waals surface area contributed by atoms with E-state index in [-0.39, 0.29) is 23.5 Å². The minimum atomic E-state index is 0.0322. The van der Waals surface area contributed by atoms with Gasteiger partial charge in [-0.15, -0.1) is 0 Å². The summed E-state index contributed by atoms with van der Waals surface area (Å²) in [6.45, 7) is 5.41. The zero-order valence-electron chi connectivity index (χ0n) is 14.2. The molecular weight excluding hydrogens is 280 g/mol. The van der Waals surface area contributed by atoms with Crippen LogP contribution in [0.15, 0.2) is 0 Å². The van der Waals surface area contributed by atoms with Crippen molar-refractivity contribution < 1.29 is 14.6 Å². The highest BCUT2D eigenvalue weighted by Crippen LogP contribution is 2.43. The molecule has 22 heavy (non-hydrogen) atoms. The highest BCUT2D eigenvalue weighted by molar-refractivity contribution is 5.74. The molecule has 0 unspecified atom stereocenters. The van der Waals surface area contributed by atoms with Crippen LogP contribution in [0.4, 0.5) is 4.79 Å². The third-order valence-corrected chi connectivity index (χ3v) is 6.06. The molecule has 0 spiro atoms. The number of hydrogen-bond acceptors (Lipinski definition) is 3. The van der Waals surface area contributed by atoms with Gasteiger partial charge in [-0.1, -0.05) is 13.3 Å². The maximum absolute atomic E-state index is 12.4. The number of carbonyl (C=O) groups is 1. The number of aliphatic hydroxyl groups excluding tert-OH is 1. The van der Waals surface area contributed by atoms with Crippen LogP contribution in [0.5, 0.6) is 0 Å². The number of rotatable bonds is 7. The van der Waals surface area contributed by atoms with E-state index in [2.05, 4.69) is 12.2 Å². The standard InChI is InChI=1S/C17H32N2O3/c1-3-16(14-20)7-10-19(11-8-16)15(21)18-13-17(5-4-6-17)9-12-22-2/h20H,3-14H2,1-2H3,(H,18,21). The van der Waals surface area contributed by atoms with Gasteiger partial charge in [0.2, 0.25) is 0 Å². The van der Waals surface area contributed by atoms with Crippen molar-refractivity contribution in [3.05, 3.63) is 0 Å². The summed E-state index contributed by atoms with van der Waals surface area (Å²) in [5.41, 5.74) is 0.296. The molecule has 0 aromatic rings. The molecule has 5 heteroatoms. The second kappa shape index (κ2) is 7.64. The van der Waals surface area contributed by atoms with Crippen molar-refractivity contribution in [2.24, 2.45) is 10.8 Å². The summed E-state index contributed by atoms with van der Waals surface area (Å²) in [4.78, 5) is 14.3. The van der Waals surface area contributed by atoms with Crippen molar-refractivity contribution in [3.8, 4) is 0 Å². The quantitative estimate of drug-likeness (QED) is 0.759. The zero-order valence-corrected chi connectivity index (χ0v) is 14.2. The van der Waals surface area contributed by atoms with Crippen LogP contribution in [0.1, 0.15) is 51.9 Å². The summed E-state index contributed by atoms with van der Waals surface area (Å²) >= 11 is 0. The average molecular weight is 312 g/mol. The first-order chi connectivity index (χ1) is 10.6. The number of likely N-dealkylation sites (tertiary alicyclic amines) is 1. The molecule has 0 bridgehead atoms. The summed E-state index contributed by atoms with van der Waals surface area (Å²) in [6, 6.07) is 0.0614. The van der Waals surface area contributed by atoms with E-state index in [9.17, 15) is 9.90 Å². The number of urea groups is 1. The molecular formula is C17H32N2O3. The summed E-state index contributed by atoms with van der Waals surface area (Å²) in [5, 5.41) is 12.7. The topological polar surface area (TPSA) is 61.8 Å². The lowest BCUT2D eigenvalue weighted by Gasteiger charge is -2.43. The van der Waals surface area contributed by atoms with Crippen molar-refractivity contribution in [1.82, 2.24) is 10.2 Å². The van der Waals surface area contributed by atoms with Gasteiger partial charge in [0.05, 0.1) is 0 Å². The number of piperidine rings is 1. The summed E-state index contributed by atoms with van der Waals surface area (Å²) < 4.78 is 5.20. The van der Waals surface area contributed by atoms with E-state index >= 15 is 0 Å². The van der Waals surface area contributed by atoms with Gasteiger partial charge >= 0.3 is 6.03 Å². The van der Waals surface area contributed by atoms with E-state index in [1.54, 1.807) is 7.11 Å². The number of nitrogens with one attached hydrogen (secondary N) is 1. The molecule has 2 N–H and O–H groups in total. The van der Waals surface area contributed by atoms with Crippen LogP contribution in [0.3, 0.4) is 0 Å². The Bertz CT molecular complexity index is 355. The molecule has 1 aliphatic carbocycles. The number of methoxy groups -OCH3 is 1. The Labute approximate surface area is 134 Å². The molecule has 2 fully saturated rings. The fourth-order valence-electron chi connectivity index (χ4n) is 3.69. The maximum atomic E-state index is 12.4. The van der Waals surface area contributed by atoms with Gasteiger partial charge in [-0.05, 0) is 49.4 Å². The Morgan fingerprint density at radius 3 is 2.36 bits per heavy atom. The maximum Gasteiger partial charge on any atom is 0.317 e. The number of nitrogens with zero attached hydrogens (tertiary/aromatic N) is 1. The number of aliphatic hydroxyl groups is 1. The van der Waals surface area contributed by atoms with Crippen LogP contribution in [0, 0.1) is 10.8 Å². The van der Waals surface area contributed by atoms with Crippen molar-refractivity contribution >= 4 is 6.03 Å². The minimum Gasteiger partial charge on any atom is -0.396 e. The number of amides is 2. The lowest BCUT2D eigenvalue weighted by molar-refractivity contribution is 0.0472. The number of hydrogen-bond donors (Lipinski definition) is 2. The summed E-state index contributed by atoms with van der Waals surface area (Å²) in [5.74, 6) is 0. The summed E-state index contributed by atoms with van der Waals surface area (Å²) in [6.07, 6.45) is 7.48. The predicted octanol–water partition coefficient (Wildman–Crippen LogP) is 2.39. The van der Waals surface area contributed by atoms with Gasteiger partial charge in [0, 0.05) is 40.0 Å². The molecule has 1 saturated carbocycles. The third-order valence-electron chi connectivity index (χ3n) is 6.06. The second-order valence-electron chi connectivity index (χ2n) is 7.25. The van der Waals surface area contributed by atoms with Gasteiger partial charge < -0.3 is 20.1 Å². The Morgan fingerprint density at radius 1 is 1.23 bits per heavy atom. The monoisotopic (exact) mass is 312 g/mol. The fourth-order valence-corrected chi connectivity index (χ4v) is 3.69. The number of carbonyl (C=O) groups excluding carboxylic acids is 1. The molecule has 2 amide bonds. The molecule has 128 valence electrons. The minimum absolute atomic E-state index is 0.0322. The normalized spacial score (nSPS) is 23.0. The van der Waals surface area contributed by atoms with Gasteiger partial charge in [0.1, 0.15) is 0 Å².